The van der Waals surface area contributed by atoms with Gasteiger partial charge >= 0.3 is 0 Å². The summed E-state index contributed by atoms with van der Waals surface area (Å²) in [5, 5.41) is 13.2. The van der Waals surface area contributed by atoms with Gasteiger partial charge in [-0.2, -0.15) is 0 Å². The lowest BCUT2D eigenvalue weighted by Crippen LogP contribution is -2.03. The fourth-order valence-electron chi connectivity index (χ4n) is 1.02. The van der Waals surface area contributed by atoms with Gasteiger partial charge in [-0.25, -0.2) is 0 Å². The number of rotatable bonds is 3. The summed E-state index contributed by atoms with van der Waals surface area (Å²) in [5.74, 6) is 0.210. The van der Waals surface area contributed by atoms with Gasteiger partial charge in [0.05, 0.1) is 4.47 Å². The second-order valence-corrected chi connectivity index (χ2v) is 4.08. The first kappa shape index (κ1) is 11.6. The molecule has 0 unspecified atom stereocenters. The first-order valence-corrected chi connectivity index (χ1v) is 5.31. The van der Waals surface area contributed by atoms with Gasteiger partial charge in [-0.05, 0) is 35.1 Å². The van der Waals surface area contributed by atoms with Gasteiger partial charge in [-0.1, -0.05) is 23.8 Å². The van der Waals surface area contributed by atoms with Crippen molar-refractivity contribution in [2.45, 2.75) is 0 Å². The van der Waals surface area contributed by atoms with Crippen LogP contribution in [0.1, 0.15) is 5.56 Å². The molecule has 0 spiro atoms. The van der Waals surface area contributed by atoms with Crippen molar-refractivity contribution < 1.29 is 5.11 Å². The number of hydrogen-bond donors (Lipinski definition) is 2. The summed E-state index contributed by atoms with van der Waals surface area (Å²) in [6.07, 6.45) is 3.74. The van der Waals surface area contributed by atoms with Crippen molar-refractivity contribution >= 4 is 33.6 Å². The van der Waals surface area contributed by atoms with Crippen LogP contribution in [-0.2, 0) is 0 Å². The van der Waals surface area contributed by atoms with Gasteiger partial charge in [0.25, 0.3) is 0 Å². The molecule has 0 saturated heterocycles. The van der Waals surface area contributed by atoms with E-state index in [0.29, 0.717) is 15.1 Å². The predicted molar refractivity (Wildman–Crippen MR) is 63.8 cm³/mol. The number of likely N-dealkylation sites (N-methyl/N-ethyl adjacent to an activating group) is 1. The van der Waals surface area contributed by atoms with E-state index < -0.39 is 0 Å². The summed E-state index contributed by atoms with van der Waals surface area (Å²) in [6, 6.07) is 3.38. The third-order valence-corrected chi connectivity index (χ3v) is 2.50. The number of benzene rings is 1. The number of phenols is 1. The van der Waals surface area contributed by atoms with Crippen molar-refractivity contribution in [3.8, 4) is 5.75 Å². The number of aromatic hydroxyl groups is 1. The maximum atomic E-state index is 9.64. The van der Waals surface area contributed by atoms with Crippen LogP contribution < -0.4 is 5.32 Å². The van der Waals surface area contributed by atoms with Gasteiger partial charge in [0.15, 0.2) is 0 Å². The van der Waals surface area contributed by atoms with Crippen LogP contribution in [0, 0.1) is 0 Å². The zero-order valence-electron chi connectivity index (χ0n) is 7.72. The molecule has 0 aromatic heterocycles. The highest BCUT2D eigenvalue weighted by Gasteiger charge is 2.04. The Morgan fingerprint density at radius 1 is 1.57 bits per heavy atom. The Morgan fingerprint density at radius 2 is 2.29 bits per heavy atom. The Labute approximate surface area is 96.7 Å². The van der Waals surface area contributed by atoms with Crippen LogP contribution in [0.25, 0.3) is 6.08 Å². The Hall–Kier alpha value is -0.510. The van der Waals surface area contributed by atoms with E-state index in [9.17, 15) is 5.11 Å². The molecule has 0 bridgehead atoms. The molecule has 0 heterocycles. The SMILES string of the molecule is CNCC=Cc1cc(Cl)cc(Br)c1O. The molecule has 76 valence electrons. The van der Waals surface area contributed by atoms with Gasteiger partial charge in [0.2, 0.25) is 0 Å². The number of phenolic OH excluding ortho intramolecular Hbond substituents is 1. The number of halogens is 2. The lowest BCUT2D eigenvalue weighted by Gasteiger charge is -2.02. The lowest BCUT2D eigenvalue weighted by atomic mass is 10.2. The van der Waals surface area contributed by atoms with E-state index in [1.807, 2.05) is 19.2 Å². The molecule has 2 nitrogen and oxygen atoms in total. The van der Waals surface area contributed by atoms with Gasteiger partial charge in [-0.15, -0.1) is 0 Å². The van der Waals surface area contributed by atoms with Crippen LogP contribution in [0.4, 0.5) is 0 Å². The Kier molecular flexibility index (Phi) is 4.45. The van der Waals surface area contributed by atoms with Gasteiger partial charge in [0.1, 0.15) is 5.75 Å². The molecule has 14 heavy (non-hydrogen) atoms. The van der Waals surface area contributed by atoms with Crippen molar-refractivity contribution in [1.82, 2.24) is 5.32 Å². The second-order valence-electron chi connectivity index (χ2n) is 2.79. The molecule has 0 saturated carbocycles. The van der Waals surface area contributed by atoms with E-state index in [0.717, 1.165) is 6.54 Å². The highest BCUT2D eigenvalue weighted by Crippen LogP contribution is 2.32. The molecule has 1 aromatic rings. The topological polar surface area (TPSA) is 32.3 Å². The van der Waals surface area contributed by atoms with Crippen LogP contribution in [0.3, 0.4) is 0 Å². The third-order valence-electron chi connectivity index (χ3n) is 1.68. The maximum absolute atomic E-state index is 9.64. The van der Waals surface area contributed by atoms with Gasteiger partial charge in [-0.3, -0.25) is 0 Å². The first-order valence-electron chi connectivity index (χ1n) is 4.14. The molecule has 0 aliphatic rings. The predicted octanol–water partition coefficient (Wildman–Crippen LogP) is 3.04. The summed E-state index contributed by atoms with van der Waals surface area (Å²) in [5.41, 5.74) is 0.708. The van der Waals surface area contributed by atoms with E-state index in [2.05, 4.69) is 21.2 Å². The molecular weight excluding hydrogens is 265 g/mol. The normalized spacial score (nSPS) is 11.1. The summed E-state index contributed by atoms with van der Waals surface area (Å²) < 4.78 is 0.606. The summed E-state index contributed by atoms with van der Waals surface area (Å²) in [7, 11) is 1.86. The van der Waals surface area contributed by atoms with Crippen LogP contribution in [0.2, 0.25) is 5.02 Å². The van der Waals surface area contributed by atoms with Crippen molar-refractivity contribution in [2.24, 2.45) is 0 Å². The molecule has 2 N–H and O–H groups in total. The summed E-state index contributed by atoms with van der Waals surface area (Å²) in [4.78, 5) is 0. The molecule has 1 aromatic carbocycles. The fourth-order valence-corrected chi connectivity index (χ4v) is 1.85. The Bertz CT molecular complexity index is 352. The molecule has 0 aliphatic carbocycles. The monoisotopic (exact) mass is 275 g/mol. The van der Waals surface area contributed by atoms with E-state index in [1.54, 1.807) is 12.1 Å². The summed E-state index contributed by atoms with van der Waals surface area (Å²) >= 11 is 9.07. The molecule has 1 rings (SSSR count). The second kappa shape index (κ2) is 5.39. The van der Waals surface area contributed by atoms with Crippen LogP contribution in [0.5, 0.6) is 5.75 Å². The largest absolute Gasteiger partial charge is 0.506 e. The fraction of sp³-hybridized carbons (Fsp3) is 0.200. The smallest absolute Gasteiger partial charge is 0.137 e. The van der Waals surface area contributed by atoms with E-state index in [-0.39, 0.29) is 5.75 Å². The molecule has 0 fully saturated rings. The van der Waals surface area contributed by atoms with Crippen molar-refractivity contribution in [1.29, 1.82) is 0 Å². The maximum Gasteiger partial charge on any atom is 0.137 e. The van der Waals surface area contributed by atoms with Crippen molar-refractivity contribution in [3.63, 3.8) is 0 Å². The quantitative estimate of drug-likeness (QED) is 0.889. The zero-order valence-corrected chi connectivity index (χ0v) is 10.1. The van der Waals surface area contributed by atoms with Crippen molar-refractivity contribution in [2.75, 3.05) is 13.6 Å². The van der Waals surface area contributed by atoms with Crippen LogP contribution in [-0.4, -0.2) is 18.7 Å². The minimum Gasteiger partial charge on any atom is -0.506 e. The van der Waals surface area contributed by atoms with Gasteiger partial charge in [0, 0.05) is 17.1 Å². The molecular formula is C10H11BrClNO. The molecule has 0 radical (unpaired) electrons. The van der Waals surface area contributed by atoms with Crippen LogP contribution in [0.15, 0.2) is 22.7 Å². The van der Waals surface area contributed by atoms with Gasteiger partial charge < -0.3 is 10.4 Å². The Morgan fingerprint density at radius 3 is 2.93 bits per heavy atom. The van der Waals surface area contributed by atoms with E-state index >= 15 is 0 Å². The lowest BCUT2D eigenvalue weighted by molar-refractivity contribution is 0.470. The molecule has 0 aliphatic heterocycles. The molecule has 4 heteroatoms. The van der Waals surface area contributed by atoms with Crippen molar-refractivity contribution in [3.05, 3.63) is 33.3 Å². The highest BCUT2D eigenvalue weighted by molar-refractivity contribution is 9.10. The number of nitrogens with one attached hydrogen (secondary N) is 1. The molecule has 0 amide bonds. The average Bonchev–Trinajstić information content (AvgIpc) is 2.13. The minimum atomic E-state index is 0.210. The standard InChI is InChI=1S/C10H11BrClNO/c1-13-4-2-3-7-5-8(12)6-9(11)10(7)14/h2-3,5-6,13-14H,4H2,1H3. The first-order chi connectivity index (χ1) is 6.65. The minimum absolute atomic E-state index is 0.210. The third kappa shape index (κ3) is 3.01. The zero-order chi connectivity index (χ0) is 10.6. The Balaban J connectivity index is 2.96. The molecule has 0 atom stereocenters. The summed E-state index contributed by atoms with van der Waals surface area (Å²) in [6.45, 7) is 0.754. The van der Waals surface area contributed by atoms with E-state index in [1.165, 1.54) is 0 Å². The van der Waals surface area contributed by atoms with E-state index in [4.69, 9.17) is 11.6 Å². The average molecular weight is 277 g/mol. The highest BCUT2D eigenvalue weighted by atomic mass is 79.9. The van der Waals surface area contributed by atoms with Crippen LogP contribution >= 0.6 is 27.5 Å². The number of hydrogen-bond acceptors (Lipinski definition) is 2.